The van der Waals surface area contributed by atoms with Crippen molar-refractivity contribution in [2.45, 2.75) is 25.0 Å². The van der Waals surface area contributed by atoms with Crippen LogP contribution in [0.25, 0.3) is 0 Å². The molecule has 66 valence electrons. The van der Waals surface area contributed by atoms with Crippen LogP contribution in [0.15, 0.2) is 0 Å². The molecule has 0 aromatic rings. The molecule has 0 saturated carbocycles. The van der Waals surface area contributed by atoms with E-state index in [4.69, 9.17) is 0 Å². The molecule has 0 aliphatic carbocycles. The van der Waals surface area contributed by atoms with Crippen LogP contribution in [0.4, 0.5) is 0 Å². The molecule has 1 fully saturated rings. The maximum absolute atomic E-state index is 3.27. The third-order valence-corrected chi connectivity index (χ3v) is 2.58. The molecule has 1 unspecified atom stereocenters. The van der Waals surface area contributed by atoms with E-state index < -0.39 is 0 Å². The first-order valence-electron chi connectivity index (χ1n) is 4.34. The first kappa shape index (κ1) is 8.97. The molecule has 1 heterocycles. The smallest absolute Gasteiger partial charge is 0.0727 e. The molecule has 0 bridgehead atoms. The van der Waals surface area contributed by atoms with E-state index in [1.165, 1.54) is 19.4 Å². The lowest BCUT2D eigenvalue weighted by Gasteiger charge is -2.28. The van der Waals surface area contributed by atoms with Crippen molar-refractivity contribution in [1.29, 1.82) is 0 Å². The highest BCUT2D eigenvalue weighted by atomic mass is 15.2. The van der Waals surface area contributed by atoms with Crippen LogP contribution in [0.3, 0.4) is 0 Å². The Morgan fingerprint density at radius 1 is 1.36 bits per heavy atom. The Morgan fingerprint density at radius 3 is 2.36 bits per heavy atom. The summed E-state index contributed by atoms with van der Waals surface area (Å²) in [5.74, 6) is 0. The van der Waals surface area contributed by atoms with Gasteiger partial charge in [0.05, 0.1) is 6.17 Å². The lowest BCUT2D eigenvalue weighted by molar-refractivity contribution is 0.233. The number of likely N-dealkylation sites (N-methyl/N-ethyl adjacent to an activating group) is 3. The molecule has 0 amide bonds. The van der Waals surface area contributed by atoms with Gasteiger partial charge in [-0.15, -0.1) is 0 Å². The first-order valence-corrected chi connectivity index (χ1v) is 4.34. The van der Waals surface area contributed by atoms with Gasteiger partial charge in [-0.1, -0.05) is 0 Å². The summed E-state index contributed by atoms with van der Waals surface area (Å²) in [6.07, 6.45) is 3.09. The minimum absolute atomic E-state index is 0.447. The molecule has 1 saturated heterocycles. The minimum atomic E-state index is 0.447. The summed E-state index contributed by atoms with van der Waals surface area (Å²) in [6, 6.07) is 0.671. The van der Waals surface area contributed by atoms with E-state index in [1.54, 1.807) is 0 Å². The second kappa shape index (κ2) is 4.04. The van der Waals surface area contributed by atoms with Gasteiger partial charge in [-0.05, 0) is 40.5 Å². The zero-order chi connectivity index (χ0) is 8.27. The summed E-state index contributed by atoms with van der Waals surface area (Å²) in [7, 11) is 6.21. The third-order valence-electron chi connectivity index (χ3n) is 2.58. The highest BCUT2D eigenvalue weighted by Gasteiger charge is 2.26. The molecule has 11 heavy (non-hydrogen) atoms. The fourth-order valence-corrected chi connectivity index (χ4v) is 1.89. The molecule has 0 aromatic carbocycles. The maximum Gasteiger partial charge on any atom is 0.0727 e. The van der Waals surface area contributed by atoms with E-state index in [0.717, 1.165) is 0 Å². The van der Waals surface area contributed by atoms with E-state index in [2.05, 4.69) is 22.6 Å². The van der Waals surface area contributed by atoms with Crippen LogP contribution >= 0.6 is 0 Å². The molecule has 1 rings (SSSR count). The second-order valence-corrected chi connectivity index (χ2v) is 3.25. The van der Waals surface area contributed by atoms with Crippen molar-refractivity contribution in [2.24, 2.45) is 0 Å². The van der Waals surface area contributed by atoms with Crippen molar-refractivity contribution < 1.29 is 0 Å². The Hall–Kier alpha value is -0.120. The Kier molecular flexibility index (Phi) is 3.30. The van der Waals surface area contributed by atoms with E-state index >= 15 is 0 Å². The molecule has 1 aliphatic rings. The molecule has 0 radical (unpaired) electrons. The predicted molar refractivity (Wildman–Crippen MR) is 47.6 cm³/mol. The Labute approximate surface area is 69.1 Å². The maximum atomic E-state index is 3.27. The van der Waals surface area contributed by atoms with E-state index in [-0.39, 0.29) is 0 Å². The molecule has 1 aliphatic heterocycles. The van der Waals surface area contributed by atoms with Crippen molar-refractivity contribution in [3.63, 3.8) is 0 Å². The van der Waals surface area contributed by atoms with Gasteiger partial charge in [0.1, 0.15) is 0 Å². The van der Waals surface area contributed by atoms with Crippen LogP contribution in [0, 0.1) is 0 Å². The number of nitrogens with one attached hydrogen (secondary N) is 2. The standard InChI is InChI=1S/C8H19N3/c1-9-8(10-2)7-5-4-6-11(7)3/h7-10H,4-6H2,1-3H3. The van der Waals surface area contributed by atoms with Crippen LogP contribution in [0.1, 0.15) is 12.8 Å². The normalized spacial score (nSPS) is 26.7. The van der Waals surface area contributed by atoms with Gasteiger partial charge in [0, 0.05) is 6.04 Å². The van der Waals surface area contributed by atoms with Gasteiger partial charge in [0.25, 0.3) is 0 Å². The number of hydrogen-bond acceptors (Lipinski definition) is 3. The van der Waals surface area contributed by atoms with Crippen molar-refractivity contribution >= 4 is 0 Å². The lowest BCUT2D eigenvalue weighted by atomic mass is 10.1. The Morgan fingerprint density at radius 2 is 2.00 bits per heavy atom. The summed E-state index contributed by atoms with van der Waals surface area (Å²) in [5, 5.41) is 6.54. The molecule has 0 spiro atoms. The van der Waals surface area contributed by atoms with E-state index in [0.29, 0.717) is 12.2 Å². The monoisotopic (exact) mass is 157 g/mol. The van der Waals surface area contributed by atoms with Crippen LogP contribution < -0.4 is 10.6 Å². The van der Waals surface area contributed by atoms with Crippen molar-refractivity contribution in [3.05, 3.63) is 0 Å². The first-order chi connectivity index (χ1) is 5.29. The molecular weight excluding hydrogens is 138 g/mol. The Bertz CT molecular complexity index is 112. The summed E-state index contributed by atoms with van der Waals surface area (Å²) >= 11 is 0. The van der Waals surface area contributed by atoms with Gasteiger partial charge < -0.3 is 15.5 Å². The average Bonchev–Trinajstić information content (AvgIpc) is 2.40. The number of likely N-dealkylation sites (tertiary alicyclic amines) is 1. The van der Waals surface area contributed by atoms with Gasteiger partial charge in [-0.2, -0.15) is 0 Å². The zero-order valence-corrected chi connectivity index (χ0v) is 7.72. The topological polar surface area (TPSA) is 27.3 Å². The fraction of sp³-hybridized carbons (Fsp3) is 1.00. The van der Waals surface area contributed by atoms with Crippen LogP contribution in [0.5, 0.6) is 0 Å². The molecule has 1 atom stereocenters. The van der Waals surface area contributed by atoms with Crippen molar-refractivity contribution in [3.8, 4) is 0 Å². The summed E-state index contributed by atoms with van der Waals surface area (Å²) in [5.41, 5.74) is 0. The molecule has 3 heteroatoms. The SMILES string of the molecule is CNC(NC)C1CCCN1C. The van der Waals surface area contributed by atoms with Gasteiger partial charge in [0.15, 0.2) is 0 Å². The van der Waals surface area contributed by atoms with Crippen molar-refractivity contribution in [2.75, 3.05) is 27.7 Å². The fourth-order valence-electron chi connectivity index (χ4n) is 1.89. The summed E-state index contributed by atoms with van der Waals surface area (Å²) in [6.45, 7) is 1.24. The quantitative estimate of drug-likeness (QED) is 0.558. The third kappa shape index (κ3) is 1.92. The van der Waals surface area contributed by atoms with Gasteiger partial charge in [-0.3, -0.25) is 0 Å². The second-order valence-electron chi connectivity index (χ2n) is 3.25. The number of nitrogens with zero attached hydrogens (tertiary/aromatic N) is 1. The lowest BCUT2D eigenvalue weighted by Crippen LogP contribution is -2.51. The zero-order valence-electron chi connectivity index (χ0n) is 7.72. The number of rotatable bonds is 3. The average molecular weight is 157 g/mol. The molecule has 3 nitrogen and oxygen atoms in total. The highest BCUT2D eigenvalue weighted by molar-refractivity contribution is 4.84. The predicted octanol–water partition coefficient (Wildman–Crippen LogP) is -0.154. The molecule has 0 aromatic heterocycles. The van der Waals surface area contributed by atoms with E-state index in [1.807, 2.05) is 14.1 Å². The number of hydrogen-bond donors (Lipinski definition) is 2. The van der Waals surface area contributed by atoms with E-state index in [9.17, 15) is 0 Å². The van der Waals surface area contributed by atoms with Crippen LogP contribution in [-0.4, -0.2) is 44.8 Å². The van der Waals surface area contributed by atoms with Crippen LogP contribution in [0.2, 0.25) is 0 Å². The minimum Gasteiger partial charge on any atom is -0.304 e. The van der Waals surface area contributed by atoms with Gasteiger partial charge in [0.2, 0.25) is 0 Å². The molecule has 2 N–H and O–H groups in total. The molecular formula is C8H19N3. The largest absolute Gasteiger partial charge is 0.304 e. The van der Waals surface area contributed by atoms with Gasteiger partial charge in [-0.25, -0.2) is 0 Å². The van der Waals surface area contributed by atoms with Gasteiger partial charge >= 0.3 is 0 Å². The highest BCUT2D eigenvalue weighted by Crippen LogP contribution is 2.16. The van der Waals surface area contributed by atoms with Crippen LogP contribution in [-0.2, 0) is 0 Å². The summed E-state index contributed by atoms with van der Waals surface area (Å²) < 4.78 is 0. The van der Waals surface area contributed by atoms with Crippen molar-refractivity contribution in [1.82, 2.24) is 15.5 Å². The summed E-state index contributed by atoms with van der Waals surface area (Å²) in [4.78, 5) is 2.41. The Balaban J connectivity index is 2.43.